The number of nitriles is 1. The van der Waals surface area contributed by atoms with E-state index in [0.29, 0.717) is 11.3 Å². The van der Waals surface area contributed by atoms with Crippen LogP contribution in [0.4, 0.5) is 10.1 Å². The highest BCUT2D eigenvalue weighted by molar-refractivity contribution is 7.92. The van der Waals surface area contributed by atoms with Crippen LogP contribution in [0.2, 0.25) is 0 Å². The minimum Gasteiger partial charge on any atom is -0.438 e. The minimum atomic E-state index is -4.07. The second-order valence-corrected chi connectivity index (χ2v) is 7.23. The number of rotatable bonds is 5. The van der Waals surface area contributed by atoms with Crippen molar-refractivity contribution in [2.24, 2.45) is 0 Å². The molecular weight excluding hydrogens is 369 g/mol. The number of aryl methyl sites for hydroxylation is 1. The van der Waals surface area contributed by atoms with E-state index in [-0.39, 0.29) is 17.1 Å². The van der Waals surface area contributed by atoms with Crippen molar-refractivity contribution in [2.75, 3.05) is 4.72 Å². The molecule has 0 aliphatic carbocycles. The van der Waals surface area contributed by atoms with Crippen LogP contribution in [0.5, 0.6) is 11.6 Å². The zero-order valence-corrected chi connectivity index (χ0v) is 15.0. The van der Waals surface area contributed by atoms with Gasteiger partial charge in [0.2, 0.25) is 5.88 Å². The van der Waals surface area contributed by atoms with Crippen LogP contribution in [-0.2, 0) is 10.0 Å². The molecule has 3 rings (SSSR count). The molecule has 1 heterocycles. The summed E-state index contributed by atoms with van der Waals surface area (Å²) >= 11 is 0. The summed E-state index contributed by atoms with van der Waals surface area (Å²) in [5.41, 5.74) is 1.12. The van der Waals surface area contributed by atoms with Crippen molar-refractivity contribution in [3.8, 4) is 17.7 Å². The summed E-state index contributed by atoms with van der Waals surface area (Å²) < 4.78 is 46.6. The van der Waals surface area contributed by atoms with Gasteiger partial charge in [-0.05, 0) is 55.0 Å². The first-order chi connectivity index (χ1) is 12.9. The molecule has 136 valence electrons. The first-order valence-electron chi connectivity index (χ1n) is 7.81. The number of pyridine rings is 1. The standard InChI is InChI=1S/C19H14FN3O3S/c1-13-11-15(26-19-14(12-21)5-4-10-22-19)8-9-17(13)23-27(24,25)18-7-3-2-6-16(18)20/h2-11,23H,1H3. The van der Waals surface area contributed by atoms with E-state index in [1.165, 1.54) is 36.5 Å². The number of hydrogen-bond donors (Lipinski definition) is 1. The van der Waals surface area contributed by atoms with Crippen molar-refractivity contribution in [3.63, 3.8) is 0 Å². The first kappa shape index (κ1) is 18.4. The van der Waals surface area contributed by atoms with Crippen LogP contribution in [0.1, 0.15) is 11.1 Å². The lowest BCUT2D eigenvalue weighted by Crippen LogP contribution is -2.15. The van der Waals surface area contributed by atoms with Crippen molar-refractivity contribution in [1.82, 2.24) is 4.98 Å². The highest BCUT2D eigenvalue weighted by Gasteiger charge is 2.19. The number of sulfonamides is 1. The fraction of sp³-hybridized carbons (Fsp3) is 0.0526. The van der Waals surface area contributed by atoms with Gasteiger partial charge in [0.1, 0.15) is 28.1 Å². The van der Waals surface area contributed by atoms with Gasteiger partial charge in [-0.3, -0.25) is 4.72 Å². The molecule has 3 aromatic rings. The Balaban J connectivity index is 1.85. The van der Waals surface area contributed by atoms with E-state index in [4.69, 9.17) is 10.00 Å². The summed E-state index contributed by atoms with van der Waals surface area (Å²) in [6.45, 7) is 1.68. The van der Waals surface area contributed by atoms with E-state index in [1.807, 2.05) is 6.07 Å². The topological polar surface area (TPSA) is 92.1 Å². The number of ether oxygens (including phenoxy) is 1. The van der Waals surface area contributed by atoms with E-state index >= 15 is 0 Å². The number of nitrogens with zero attached hydrogens (tertiary/aromatic N) is 2. The SMILES string of the molecule is Cc1cc(Oc2ncccc2C#N)ccc1NS(=O)(=O)c1ccccc1F. The molecule has 1 aromatic heterocycles. The number of aromatic nitrogens is 1. The van der Waals surface area contributed by atoms with Crippen LogP contribution in [0.15, 0.2) is 65.7 Å². The summed E-state index contributed by atoms with van der Waals surface area (Å²) in [5, 5.41) is 9.08. The number of halogens is 1. The Hall–Kier alpha value is -3.44. The predicted octanol–water partition coefficient (Wildman–Crippen LogP) is 3.99. The van der Waals surface area contributed by atoms with Gasteiger partial charge in [-0.2, -0.15) is 5.26 Å². The minimum absolute atomic E-state index is 0.152. The average Bonchev–Trinajstić information content (AvgIpc) is 2.64. The molecule has 0 fully saturated rings. The molecule has 0 aliphatic rings. The maximum Gasteiger partial charge on any atom is 0.264 e. The Kier molecular flexibility index (Phi) is 5.05. The van der Waals surface area contributed by atoms with Crippen LogP contribution in [0.25, 0.3) is 0 Å². The molecule has 0 saturated heterocycles. The zero-order chi connectivity index (χ0) is 19.4. The molecular formula is C19H14FN3O3S. The van der Waals surface area contributed by atoms with Gasteiger partial charge in [0.25, 0.3) is 10.0 Å². The van der Waals surface area contributed by atoms with E-state index in [0.717, 1.165) is 6.07 Å². The summed E-state index contributed by atoms with van der Waals surface area (Å²) in [7, 11) is -4.07. The third-order valence-corrected chi connectivity index (χ3v) is 5.07. The van der Waals surface area contributed by atoms with Gasteiger partial charge < -0.3 is 4.74 Å². The third kappa shape index (κ3) is 4.04. The molecule has 0 radical (unpaired) electrons. The Morgan fingerprint density at radius 3 is 2.63 bits per heavy atom. The lowest BCUT2D eigenvalue weighted by Gasteiger charge is -2.13. The number of hydrogen-bond acceptors (Lipinski definition) is 5. The van der Waals surface area contributed by atoms with E-state index in [1.54, 1.807) is 25.1 Å². The Morgan fingerprint density at radius 2 is 1.93 bits per heavy atom. The maximum atomic E-state index is 13.8. The molecule has 0 atom stereocenters. The van der Waals surface area contributed by atoms with Gasteiger partial charge in [0.05, 0.1) is 5.69 Å². The molecule has 2 aromatic carbocycles. The lowest BCUT2D eigenvalue weighted by atomic mass is 10.2. The van der Waals surface area contributed by atoms with Crippen molar-refractivity contribution < 1.29 is 17.5 Å². The quantitative estimate of drug-likeness (QED) is 0.719. The van der Waals surface area contributed by atoms with Crippen LogP contribution in [-0.4, -0.2) is 13.4 Å². The van der Waals surface area contributed by atoms with Gasteiger partial charge in [-0.1, -0.05) is 12.1 Å². The summed E-state index contributed by atoms with van der Waals surface area (Å²) in [6, 6.07) is 14.9. The van der Waals surface area contributed by atoms with Crippen molar-refractivity contribution in [1.29, 1.82) is 5.26 Å². The molecule has 0 spiro atoms. The largest absolute Gasteiger partial charge is 0.438 e. The number of anilines is 1. The lowest BCUT2D eigenvalue weighted by molar-refractivity contribution is 0.461. The Morgan fingerprint density at radius 1 is 1.15 bits per heavy atom. The maximum absolute atomic E-state index is 13.8. The van der Waals surface area contributed by atoms with Crippen molar-refractivity contribution in [3.05, 3.63) is 77.7 Å². The normalized spacial score (nSPS) is 10.9. The fourth-order valence-corrected chi connectivity index (χ4v) is 3.56. The summed E-state index contributed by atoms with van der Waals surface area (Å²) in [5.74, 6) is -0.294. The Labute approximate surface area is 155 Å². The molecule has 0 aliphatic heterocycles. The van der Waals surface area contributed by atoms with Crippen LogP contribution in [0.3, 0.4) is 0 Å². The van der Waals surface area contributed by atoms with Gasteiger partial charge in [-0.15, -0.1) is 0 Å². The van der Waals surface area contributed by atoms with E-state index in [2.05, 4.69) is 9.71 Å². The average molecular weight is 383 g/mol. The summed E-state index contributed by atoms with van der Waals surface area (Å²) in [4.78, 5) is 3.57. The van der Waals surface area contributed by atoms with Gasteiger partial charge >= 0.3 is 0 Å². The first-order valence-corrected chi connectivity index (χ1v) is 9.30. The van der Waals surface area contributed by atoms with Gasteiger partial charge in [0.15, 0.2) is 0 Å². The summed E-state index contributed by atoms with van der Waals surface area (Å²) in [6.07, 6.45) is 1.50. The van der Waals surface area contributed by atoms with Crippen LogP contribution in [0, 0.1) is 24.1 Å². The Bertz CT molecular complexity index is 1140. The molecule has 1 N–H and O–H groups in total. The third-order valence-electron chi connectivity index (χ3n) is 3.67. The smallest absolute Gasteiger partial charge is 0.264 e. The molecule has 0 unspecified atom stereocenters. The molecule has 0 amide bonds. The van der Waals surface area contributed by atoms with Gasteiger partial charge in [-0.25, -0.2) is 17.8 Å². The number of nitrogens with one attached hydrogen (secondary N) is 1. The zero-order valence-electron chi connectivity index (χ0n) is 14.2. The fourth-order valence-electron chi connectivity index (χ4n) is 2.35. The second kappa shape index (κ2) is 7.43. The monoisotopic (exact) mass is 383 g/mol. The molecule has 27 heavy (non-hydrogen) atoms. The number of benzene rings is 2. The van der Waals surface area contributed by atoms with Crippen LogP contribution < -0.4 is 9.46 Å². The van der Waals surface area contributed by atoms with E-state index in [9.17, 15) is 12.8 Å². The molecule has 8 heteroatoms. The second-order valence-electron chi connectivity index (χ2n) is 5.58. The highest BCUT2D eigenvalue weighted by atomic mass is 32.2. The van der Waals surface area contributed by atoms with Crippen molar-refractivity contribution >= 4 is 15.7 Å². The molecule has 0 bridgehead atoms. The molecule has 0 saturated carbocycles. The predicted molar refractivity (Wildman–Crippen MR) is 97.4 cm³/mol. The van der Waals surface area contributed by atoms with Crippen molar-refractivity contribution in [2.45, 2.75) is 11.8 Å². The highest BCUT2D eigenvalue weighted by Crippen LogP contribution is 2.28. The van der Waals surface area contributed by atoms with Gasteiger partial charge in [0, 0.05) is 6.20 Å². The van der Waals surface area contributed by atoms with Crippen LogP contribution >= 0.6 is 0 Å². The van der Waals surface area contributed by atoms with E-state index < -0.39 is 20.7 Å². The molecule has 6 nitrogen and oxygen atoms in total.